The predicted octanol–water partition coefficient (Wildman–Crippen LogP) is 1.56. The van der Waals surface area contributed by atoms with Crippen molar-refractivity contribution in [1.29, 1.82) is 5.26 Å². The summed E-state index contributed by atoms with van der Waals surface area (Å²) in [5.74, 6) is -0.895. The number of aryl methyl sites for hydroxylation is 1. The van der Waals surface area contributed by atoms with Crippen LogP contribution in [0.25, 0.3) is 0 Å². The van der Waals surface area contributed by atoms with Crippen LogP contribution < -0.4 is 0 Å². The molecular weight excluding hydrogens is 174 g/mol. The van der Waals surface area contributed by atoms with Gasteiger partial charge in [0.15, 0.2) is 0 Å². The van der Waals surface area contributed by atoms with Crippen LogP contribution in [-0.2, 0) is 11.2 Å². The minimum atomic E-state index is -0.895. The molecular formula is C8H7NO2S. The fourth-order valence-corrected chi connectivity index (χ4v) is 1.90. The third-order valence-electron chi connectivity index (χ3n) is 1.36. The van der Waals surface area contributed by atoms with Gasteiger partial charge in [-0.25, -0.2) is 0 Å². The Balaban J connectivity index is 2.99. The molecule has 0 aliphatic carbocycles. The van der Waals surface area contributed by atoms with Crippen LogP contribution in [0.2, 0.25) is 0 Å². The Morgan fingerprint density at radius 3 is 3.00 bits per heavy atom. The van der Waals surface area contributed by atoms with E-state index < -0.39 is 5.97 Å². The number of thiophene rings is 1. The minimum Gasteiger partial charge on any atom is -0.481 e. The second kappa shape index (κ2) is 3.37. The number of nitrogens with zero attached hydrogens (tertiary/aromatic N) is 1. The first-order chi connectivity index (χ1) is 5.63. The molecule has 0 aliphatic rings. The Labute approximate surface area is 73.9 Å². The van der Waals surface area contributed by atoms with E-state index in [0.29, 0.717) is 10.4 Å². The molecule has 0 saturated carbocycles. The maximum Gasteiger partial charge on any atom is 0.308 e. The zero-order chi connectivity index (χ0) is 9.14. The topological polar surface area (TPSA) is 61.1 Å². The highest BCUT2D eigenvalue weighted by Crippen LogP contribution is 2.21. The summed E-state index contributed by atoms with van der Waals surface area (Å²) in [6.07, 6.45) is -0.0542. The fraction of sp³-hybridized carbons (Fsp3) is 0.250. The first-order valence-electron chi connectivity index (χ1n) is 3.34. The van der Waals surface area contributed by atoms with Crippen molar-refractivity contribution in [1.82, 2.24) is 0 Å². The van der Waals surface area contributed by atoms with Crippen molar-refractivity contribution in [3.63, 3.8) is 0 Å². The Morgan fingerprint density at radius 2 is 2.50 bits per heavy atom. The van der Waals surface area contributed by atoms with E-state index >= 15 is 0 Å². The van der Waals surface area contributed by atoms with Gasteiger partial charge in [0.1, 0.15) is 6.07 Å². The molecule has 0 spiro atoms. The summed E-state index contributed by atoms with van der Waals surface area (Å²) in [7, 11) is 0. The van der Waals surface area contributed by atoms with E-state index in [0.717, 1.165) is 4.88 Å². The predicted molar refractivity (Wildman–Crippen MR) is 45.1 cm³/mol. The van der Waals surface area contributed by atoms with Gasteiger partial charge in [0.25, 0.3) is 0 Å². The van der Waals surface area contributed by atoms with E-state index in [1.54, 1.807) is 6.07 Å². The molecule has 1 aromatic rings. The summed E-state index contributed by atoms with van der Waals surface area (Å²) in [5, 5.41) is 17.1. The molecule has 0 atom stereocenters. The molecule has 12 heavy (non-hydrogen) atoms. The van der Waals surface area contributed by atoms with Crippen molar-refractivity contribution in [2.24, 2.45) is 0 Å². The number of carboxylic acids is 1. The van der Waals surface area contributed by atoms with Gasteiger partial charge in [-0.3, -0.25) is 4.79 Å². The first-order valence-corrected chi connectivity index (χ1v) is 4.16. The summed E-state index contributed by atoms with van der Waals surface area (Å²) >= 11 is 1.36. The van der Waals surface area contributed by atoms with Gasteiger partial charge in [0, 0.05) is 9.75 Å². The summed E-state index contributed by atoms with van der Waals surface area (Å²) in [5.41, 5.74) is 0.486. The average molecular weight is 181 g/mol. The average Bonchev–Trinajstić information content (AvgIpc) is 2.29. The zero-order valence-corrected chi connectivity index (χ0v) is 7.31. The monoisotopic (exact) mass is 181 g/mol. The van der Waals surface area contributed by atoms with Gasteiger partial charge in [0.05, 0.1) is 12.0 Å². The van der Waals surface area contributed by atoms with Gasteiger partial charge in [-0.1, -0.05) is 0 Å². The largest absolute Gasteiger partial charge is 0.481 e. The number of nitriles is 1. The van der Waals surface area contributed by atoms with E-state index in [9.17, 15) is 4.79 Å². The van der Waals surface area contributed by atoms with Crippen LogP contribution in [0.15, 0.2) is 6.07 Å². The lowest BCUT2D eigenvalue weighted by atomic mass is 10.2. The molecule has 0 amide bonds. The molecule has 0 fully saturated rings. The molecule has 0 aromatic carbocycles. The number of carbonyl (C=O) groups is 1. The smallest absolute Gasteiger partial charge is 0.308 e. The van der Waals surface area contributed by atoms with E-state index in [4.69, 9.17) is 10.4 Å². The van der Waals surface area contributed by atoms with Crippen molar-refractivity contribution in [3.8, 4) is 6.07 Å². The maximum absolute atomic E-state index is 10.3. The SMILES string of the molecule is Cc1cc(C#N)c(CC(=O)O)s1. The number of hydrogen-bond acceptors (Lipinski definition) is 3. The molecule has 1 aromatic heterocycles. The summed E-state index contributed by atoms with van der Waals surface area (Å²) < 4.78 is 0. The number of hydrogen-bond donors (Lipinski definition) is 1. The molecule has 3 nitrogen and oxygen atoms in total. The third-order valence-corrected chi connectivity index (χ3v) is 2.41. The van der Waals surface area contributed by atoms with Crippen molar-refractivity contribution in [2.75, 3.05) is 0 Å². The summed E-state index contributed by atoms with van der Waals surface area (Å²) in [4.78, 5) is 12.0. The Morgan fingerprint density at radius 1 is 1.83 bits per heavy atom. The van der Waals surface area contributed by atoms with Crippen LogP contribution in [-0.4, -0.2) is 11.1 Å². The molecule has 62 valence electrons. The van der Waals surface area contributed by atoms with Gasteiger partial charge in [-0.15, -0.1) is 11.3 Å². The van der Waals surface area contributed by atoms with E-state index in [2.05, 4.69) is 0 Å². The van der Waals surface area contributed by atoms with Crippen molar-refractivity contribution < 1.29 is 9.90 Å². The molecule has 1 rings (SSSR count). The van der Waals surface area contributed by atoms with Crippen molar-refractivity contribution in [2.45, 2.75) is 13.3 Å². The Kier molecular flexibility index (Phi) is 2.46. The first kappa shape index (κ1) is 8.75. The van der Waals surface area contributed by atoms with Crippen molar-refractivity contribution in [3.05, 3.63) is 21.4 Å². The lowest BCUT2D eigenvalue weighted by Gasteiger charge is -1.89. The van der Waals surface area contributed by atoms with Gasteiger partial charge in [-0.05, 0) is 13.0 Å². The van der Waals surface area contributed by atoms with Crippen LogP contribution in [0.1, 0.15) is 15.3 Å². The molecule has 1 heterocycles. The molecule has 0 saturated heterocycles. The standard InChI is InChI=1S/C8H7NO2S/c1-5-2-6(4-9)7(12-5)3-8(10)11/h2H,3H2,1H3,(H,10,11). The highest BCUT2D eigenvalue weighted by Gasteiger charge is 2.09. The van der Waals surface area contributed by atoms with Gasteiger partial charge >= 0.3 is 5.97 Å². The fourth-order valence-electron chi connectivity index (χ4n) is 0.926. The summed E-state index contributed by atoms with van der Waals surface area (Å²) in [6.45, 7) is 1.86. The molecule has 0 bridgehead atoms. The van der Waals surface area contributed by atoms with Crippen LogP contribution in [0.4, 0.5) is 0 Å². The van der Waals surface area contributed by atoms with Gasteiger partial charge in [-0.2, -0.15) is 5.26 Å². The van der Waals surface area contributed by atoms with Crippen LogP contribution >= 0.6 is 11.3 Å². The van der Waals surface area contributed by atoms with Crippen LogP contribution in [0.3, 0.4) is 0 Å². The lowest BCUT2D eigenvalue weighted by Crippen LogP contribution is -1.98. The number of rotatable bonds is 2. The Hall–Kier alpha value is -1.34. The molecule has 4 heteroatoms. The van der Waals surface area contributed by atoms with Gasteiger partial charge < -0.3 is 5.11 Å². The molecule has 0 unspecified atom stereocenters. The highest BCUT2D eigenvalue weighted by atomic mass is 32.1. The van der Waals surface area contributed by atoms with E-state index in [1.807, 2.05) is 13.0 Å². The third kappa shape index (κ3) is 1.83. The number of carboxylic acid groups (broad SMARTS) is 1. The van der Waals surface area contributed by atoms with Crippen molar-refractivity contribution >= 4 is 17.3 Å². The zero-order valence-electron chi connectivity index (χ0n) is 6.50. The second-order valence-corrected chi connectivity index (χ2v) is 3.72. The second-order valence-electron chi connectivity index (χ2n) is 2.38. The minimum absolute atomic E-state index is 0.0542. The maximum atomic E-state index is 10.3. The van der Waals surface area contributed by atoms with Gasteiger partial charge in [0.2, 0.25) is 0 Å². The normalized spacial score (nSPS) is 9.33. The molecule has 0 aliphatic heterocycles. The van der Waals surface area contributed by atoms with Crippen LogP contribution in [0.5, 0.6) is 0 Å². The lowest BCUT2D eigenvalue weighted by molar-refractivity contribution is -0.136. The quantitative estimate of drug-likeness (QED) is 0.753. The summed E-state index contributed by atoms with van der Waals surface area (Å²) in [6, 6.07) is 3.68. The van der Waals surface area contributed by atoms with E-state index in [-0.39, 0.29) is 6.42 Å². The number of aliphatic carboxylic acids is 1. The van der Waals surface area contributed by atoms with E-state index in [1.165, 1.54) is 11.3 Å². The highest BCUT2D eigenvalue weighted by molar-refractivity contribution is 7.12. The Bertz CT molecular complexity index is 348. The molecule has 1 N–H and O–H groups in total. The van der Waals surface area contributed by atoms with Crippen LogP contribution in [0, 0.1) is 18.3 Å². The molecule has 0 radical (unpaired) electrons.